The van der Waals surface area contributed by atoms with E-state index in [4.69, 9.17) is 17.3 Å². The Kier molecular flexibility index (Phi) is 3.96. The summed E-state index contributed by atoms with van der Waals surface area (Å²) in [4.78, 5) is 0. The molecule has 106 valence electrons. The Hall–Kier alpha value is -1.83. The van der Waals surface area contributed by atoms with E-state index in [9.17, 15) is 0 Å². The Morgan fingerprint density at radius 2 is 1.76 bits per heavy atom. The molecule has 0 aliphatic rings. The quantitative estimate of drug-likeness (QED) is 0.719. The van der Waals surface area contributed by atoms with Crippen molar-refractivity contribution in [1.29, 1.82) is 0 Å². The summed E-state index contributed by atoms with van der Waals surface area (Å²) in [5.41, 5.74) is 9.82. The smallest absolute Gasteiger partial charge is 0.0438 e. The molecule has 0 aliphatic heterocycles. The highest BCUT2D eigenvalue weighted by atomic mass is 35.5. The largest absolute Gasteiger partial charge is 0.324 e. The summed E-state index contributed by atoms with van der Waals surface area (Å²) in [6.07, 6.45) is 0.806. The lowest BCUT2D eigenvalue weighted by Crippen LogP contribution is -2.13. The molecule has 0 radical (unpaired) electrons. The minimum Gasteiger partial charge on any atom is -0.324 e. The number of hydrogen-bond donors (Lipinski definition) is 1. The molecule has 2 N–H and O–H groups in total. The number of nitrogens with two attached hydrogens (primary N) is 1. The van der Waals surface area contributed by atoms with Crippen molar-refractivity contribution in [3.8, 4) is 0 Å². The van der Waals surface area contributed by atoms with Gasteiger partial charge in [-0.15, -0.1) is 0 Å². The zero-order valence-corrected chi connectivity index (χ0v) is 12.8. The Morgan fingerprint density at radius 3 is 2.57 bits per heavy atom. The van der Waals surface area contributed by atoms with E-state index in [1.807, 2.05) is 19.1 Å². The maximum Gasteiger partial charge on any atom is 0.0438 e. The van der Waals surface area contributed by atoms with E-state index in [1.54, 1.807) is 0 Å². The van der Waals surface area contributed by atoms with Crippen LogP contribution in [0.4, 0.5) is 0 Å². The lowest BCUT2D eigenvalue weighted by molar-refractivity contribution is 0.725. The molecule has 0 heterocycles. The molecular weight excluding hydrogens is 278 g/mol. The van der Waals surface area contributed by atoms with Crippen molar-refractivity contribution in [2.45, 2.75) is 19.4 Å². The van der Waals surface area contributed by atoms with Gasteiger partial charge in [0.25, 0.3) is 0 Å². The first kappa shape index (κ1) is 14.1. The maximum atomic E-state index is 6.38. The lowest BCUT2D eigenvalue weighted by atomic mass is 9.95. The van der Waals surface area contributed by atoms with E-state index in [-0.39, 0.29) is 6.04 Å². The van der Waals surface area contributed by atoms with Crippen molar-refractivity contribution >= 4 is 22.4 Å². The maximum absolute atomic E-state index is 6.38. The number of halogens is 1. The molecule has 3 aromatic carbocycles. The van der Waals surface area contributed by atoms with Gasteiger partial charge >= 0.3 is 0 Å². The third kappa shape index (κ3) is 2.94. The van der Waals surface area contributed by atoms with Crippen LogP contribution in [-0.4, -0.2) is 0 Å². The fourth-order valence-corrected chi connectivity index (χ4v) is 2.85. The summed E-state index contributed by atoms with van der Waals surface area (Å²) in [7, 11) is 0. The average molecular weight is 296 g/mol. The predicted molar refractivity (Wildman–Crippen MR) is 90.8 cm³/mol. The highest BCUT2D eigenvalue weighted by Gasteiger charge is 2.10. The van der Waals surface area contributed by atoms with E-state index in [2.05, 4.69) is 48.5 Å². The molecule has 1 atom stereocenters. The monoisotopic (exact) mass is 295 g/mol. The van der Waals surface area contributed by atoms with E-state index in [1.165, 1.54) is 16.3 Å². The van der Waals surface area contributed by atoms with Crippen LogP contribution in [0.2, 0.25) is 5.02 Å². The van der Waals surface area contributed by atoms with Gasteiger partial charge in [0.2, 0.25) is 0 Å². The lowest BCUT2D eigenvalue weighted by Gasteiger charge is -2.15. The minimum atomic E-state index is -0.0473. The fraction of sp³-hybridized carbons (Fsp3) is 0.158. The first-order chi connectivity index (χ1) is 10.1. The highest BCUT2D eigenvalue weighted by molar-refractivity contribution is 6.31. The second-order valence-electron chi connectivity index (χ2n) is 5.46. The van der Waals surface area contributed by atoms with Gasteiger partial charge in [0.05, 0.1) is 0 Å². The fourth-order valence-electron chi connectivity index (χ4n) is 2.67. The Labute approximate surface area is 130 Å². The van der Waals surface area contributed by atoms with Crippen LogP contribution < -0.4 is 5.73 Å². The average Bonchev–Trinajstić information content (AvgIpc) is 2.50. The standard InChI is InChI=1S/C19H18ClN/c1-13-9-10-16(11-18(13)20)19(21)12-15-7-4-6-14-5-2-3-8-17(14)15/h2-11,19H,12,21H2,1H3. The first-order valence-electron chi connectivity index (χ1n) is 7.13. The van der Waals surface area contributed by atoms with Crippen LogP contribution in [0.15, 0.2) is 60.7 Å². The van der Waals surface area contributed by atoms with E-state index in [0.29, 0.717) is 0 Å². The Bertz CT molecular complexity index is 774. The molecule has 0 bridgehead atoms. The van der Waals surface area contributed by atoms with Crippen molar-refractivity contribution < 1.29 is 0 Å². The van der Waals surface area contributed by atoms with Crippen molar-refractivity contribution in [3.63, 3.8) is 0 Å². The van der Waals surface area contributed by atoms with Gasteiger partial charge in [-0.1, -0.05) is 66.2 Å². The highest BCUT2D eigenvalue weighted by Crippen LogP contribution is 2.25. The molecule has 0 fully saturated rings. The molecule has 0 aliphatic carbocycles. The normalized spacial score (nSPS) is 12.5. The summed E-state index contributed by atoms with van der Waals surface area (Å²) in [6.45, 7) is 2.00. The number of aryl methyl sites for hydroxylation is 1. The van der Waals surface area contributed by atoms with Gasteiger partial charge in [-0.05, 0) is 46.9 Å². The molecule has 1 nitrogen and oxygen atoms in total. The van der Waals surface area contributed by atoms with Crippen LogP contribution in [0.5, 0.6) is 0 Å². The molecule has 1 unspecified atom stereocenters. The van der Waals surface area contributed by atoms with Gasteiger partial charge in [-0.3, -0.25) is 0 Å². The molecular formula is C19H18ClN. The second-order valence-corrected chi connectivity index (χ2v) is 5.86. The zero-order chi connectivity index (χ0) is 14.8. The summed E-state index contributed by atoms with van der Waals surface area (Å²) >= 11 is 6.20. The molecule has 0 saturated carbocycles. The number of fused-ring (bicyclic) bond motifs is 1. The summed E-state index contributed by atoms with van der Waals surface area (Å²) in [6, 6.07) is 20.8. The molecule has 0 aromatic heterocycles. The van der Waals surface area contributed by atoms with Crippen molar-refractivity contribution in [2.75, 3.05) is 0 Å². The van der Waals surface area contributed by atoms with Crippen LogP contribution in [0.3, 0.4) is 0 Å². The van der Waals surface area contributed by atoms with Gasteiger partial charge in [0.1, 0.15) is 0 Å². The van der Waals surface area contributed by atoms with E-state index >= 15 is 0 Å². The van der Waals surface area contributed by atoms with Crippen LogP contribution in [0.25, 0.3) is 10.8 Å². The van der Waals surface area contributed by atoms with Crippen LogP contribution in [0, 0.1) is 6.92 Å². The van der Waals surface area contributed by atoms with Gasteiger partial charge in [0, 0.05) is 11.1 Å². The summed E-state index contributed by atoms with van der Waals surface area (Å²) < 4.78 is 0. The van der Waals surface area contributed by atoms with Gasteiger partial charge in [-0.2, -0.15) is 0 Å². The number of benzene rings is 3. The van der Waals surface area contributed by atoms with Crippen LogP contribution >= 0.6 is 11.6 Å². The number of hydrogen-bond acceptors (Lipinski definition) is 1. The van der Waals surface area contributed by atoms with Gasteiger partial charge < -0.3 is 5.73 Å². The number of rotatable bonds is 3. The minimum absolute atomic E-state index is 0.0473. The van der Waals surface area contributed by atoms with Crippen molar-refractivity contribution in [1.82, 2.24) is 0 Å². The molecule has 0 spiro atoms. The van der Waals surface area contributed by atoms with Gasteiger partial charge in [0.15, 0.2) is 0 Å². The van der Waals surface area contributed by atoms with Crippen LogP contribution in [0.1, 0.15) is 22.7 Å². The molecule has 21 heavy (non-hydrogen) atoms. The second kappa shape index (κ2) is 5.88. The van der Waals surface area contributed by atoms with Crippen LogP contribution in [-0.2, 0) is 6.42 Å². The molecule has 3 aromatic rings. The van der Waals surface area contributed by atoms with Crippen molar-refractivity contribution in [2.24, 2.45) is 5.73 Å². The first-order valence-corrected chi connectivity index (χ1v) is 7.51. The Balaban J connectivity index is 1.92. The third-order valence-electron chi connectivity index (χ3n) is 3.94. The van der Waals surface area contributed by atoms with Gasteiger partial charge in [-0.25, -0.2) is 0 Å². The summed E-state index contributed by atoms with van der Waals surface area (Å²) in [5, 5.41) is 3.30. The van der Waals surface area contributed by atoms with E-state index in [0.717, 1.165) is 22.6 Å². The predicted octanol–water partition coefficient (Wildman–Crippen LogP) is 5.04. The SMILES string of the molecule is Cc1ccc(C(N)Cc2cccc3ccccc23)cc1Cl. The molecule has 2 heteroatoms. The zero-order valence-electron chi connectivity index (χ0n) is 12.0. The molecule has 0 amide bonds. The summed E-state index contributed by atoms with van der Waals surface area (Å²) in [5.74, 6) is 0. The topological polar surface area (TPSA) is 26.0 Å². The molecule has 0 saturated heterocycles. The van der Waals surface area contributed by atoms with Crippen molar-refractivity contribution in [3.05, 3.63) is 82.4 Å². The Morgan fingerprint density at radius 1 is 1.00 bits per heavy atom. The van der Waals surface area contributed by atoms with E-state index < -0.39 is 0 Å². The third-order valence-corrected chi connectivity index (χ3v) is 4.35. The molecule has 3 rings (SSSR count).